The molecule has 1 aromatic rings. The molecule has 0 aliphatic heterocycles. The first-order chi connectivity index (χ1) is 7.82. The molecule has 0 spiro atoms. The van der Waals surface area contributed by atoms with Crippen LogP contribution in [0.4, 0.5) is 5.82 Å². The fraction of sp³-hybridized carbons (Fsp3) is 0.667. The molecule has 0 unspecified atom stereocenters. The first-order valence-corrected chi connectivity index (χ1v) is 5.92. The molecular formula is C12H17N3O. The average molecular weight is 219 g/mol. The van der Waals surface area contributed by atoms with Crippen LogP contribution >= 0.6 is 0 Å². The van der Waals surface area contributed by atoms with Gasteiger partial charge in [-0.2, -0.15) is 0 Å². The van der Waals surface area contributed by atoms with Gasteiger partial charge in [-0.1, -0.05) is 0 Å². The Bertz CT molecular complexity index is 386. The molecule has 1 heterocycles. The minimum Gasteiger partial charge on any atom is -0.481 e. The number of hydrogen-bond acceptors (Lipinski definition) is 4. The van der Waals surface area contributed by atoms with E-state index in [1.54, 1.807) is 7.11 Å². The van der Waals surface area contributed by atoms with E-state index in [2.05, 4.69) is 15.3 Å². The minimum absolute atomic E-state index is 0.595. The minimum atomic E-state index is 0.595. The van der Waals surface area contributed by atoms with Crippen molar-refractivity contribution in [1.29, 1.82) is 0 Å². The van der Waals surface area contributed by atoms with E-state index >= 15 is 0 Å². The fourth-order valence-corrected chi connectivity index (χ4v) is 2.40. The lowest BCUT2D eigenvalue weighted by atomic mass is 10.0. The van der Waals surface area contributed by atoms with Gasteiger partial charge in [0.25, 0.3) is 0 Å². The number of methoxy groups -OCH3 is 1. The van der Waals surface area contributed by atoms with Crippen LogP contribution in [0.5, 0.6) is 5.88 Å². The number of ether oxygens (including phenoxy) is 1. The van der Waals surface area contributed by atoms with Gasteiger partial charge in [0.05, 0.1) is 7.11 Å². The summed E-state index contributed by atoms with van der Waals surface area (Å²) in [5, 5.41) is 3.41. The maximum absolute atomic E-state index is 5.07. The SMILES string of the molecule is COc1cc(NCC2(C3CC3)CC2)ncn1. The van der Waals surface area contributed by atoms with Gasteiger partial charge in [-0.25, -0.2) is 9.97 Å². The van der Waals surface area contributed by atoms with Crippen LogP contribution < -0.4 is 10.1 Å². The van der Waals surface area contributed by atoms with Crippen LogP contribution in [-0.2, 0) is 0 Å². The van der Waals surface area contributed by atoms with Crippen molar-refractivity contribution in [3.05, 3.63) is 12.4 Å². The third-order valence-electron chi connectivity index (χ3n) is 3.81. The van der Waals surface area contributed by atoms with Crippen LogP contribution in [0, 0.1) is 11.3 Å². The van der Waals surface area contributed by atoms with Gasteiger partial charge in [-0.05, 0) is 37.0 Å². The summed E-state index contributed by atoms with van der Waals surface area (Å²) in [6, 6.07) is 1.85. The molecule has 2 aliphatic carbocycles. The zero-order valence-corrected chi connectivity index (χ0v) is 9.57. The van der Waals surface area contributed by atoms with Crippen molar-refractivity contribution in [2.75, 3.05) is 19.0 Å². The predicted octanol–water partition coefficient (Wildman–Crippen LogP) is 2.09. The van der Waals surface area contributed by atoms with Gasteiger partial charge >= 0.3 is 0 Å². The number of nitrogens with one attached hydrogen (secondary N) is 1. The lowest BCUT2D eigenvalue weighted by Gasteiger charge is -2.15. The summed E-state index contributed by atoms with van der Waals surface area (Å²) in [5.41, 5.74) is 0.595. The Morgan fingerprint density at radius 3 is 2.88 bits per heavy atom. The van der Waals surface area contributed by atoms with Gasteiger partial charge in [0.1, 0.15) is 12.1 Å². The van der Waals surface area contributed by atoms with Crippen LogP contribution in [0.2, 0.25) is 0 Å². The van der Waals surface area contributed by atoms with E-state index in [1.807, 2.05) is 6.07 Å². The van der Waals surface area contributed by atoms with Gasteiger partial charge < -0.3 is 10.1 Å². The molecule has 0 radical (unpaired) electrons. The lowest BCUT2D eigenvalue weighted by Crippen LogP contribution is -2.18. The molecule has 3 rings (SSSR count). The molecule has 16 heavy (non-hydrogen) atoms. The maximum atomic E-state index is 5.07. The summed E-state index contributed by atoms with van der Waals surface area (Å²) in [5.74, 6) is 2.47. The summed E-state index contributed by atoms with van der Waals surface area (Å²) in [6.45, 7) is 1.05. The Labute approximate surface area is 95.4 Å². The normalized spacial score (nSPS) is 21.6. The van der Waals surface area contributed by atoms with Crippen molar-refractivity contribution >= 4 is 5.82 Å². The van der Waals surface area contributed by atoms with E-state index in [1.165, 1.54) is 32.0 Å². The lowest BCUT2D eigenvalue weighted by molar-refractivity contribution is 0.397. The summed E-state index contributed by atoms with van der Waals surface area (Å²) >= 11 is 0. The summed E-state index contributed by atoms with van der Waals surface area (Å²) < 4.78 is 5.07. The zero-order chi connectivity index (χ0) is 11.0. The summed E-state index contributed by atoms with van der Waals surface area (Å²) in [4.78, 5) is 8.19. The van der Waals surface area contributed by atoms with Crippen LogP contribution in [0.1, 0.15) is 25.7 Å². The highest BCUT2D eigenvalue weighted by atomic mass is 16.5. The molecule has 0 saturated heterocycles. The molecule has 1 N–H and O–H groups in total. The standard InChI is InChI=1S/C12H17N3O/c1-16-11-6-10(14-8-15-11)13-7-12(4-5-12)9-2-3-9/h6,8-9H,2-5,7H2,1H3,(H,13,14,15). The molecule has 0 amide bonds. The van der Waals surface area contributed by atoms with E-state index in [9.17, 15) is 0 Å². The van der Waals surface area contributed by atoms with Gasteiger partial charge in [-0.3, -0.25) is 0 Å². The van der Waals surface area contributed by atoms with Crippen molar-refractivity contribution < 1.29 is 4.74 Å². The number of nitrogens with zero attached hydrogens (tertiary/aromatic N) is 2. The van der Waals surface area contributed by atoms with E-state index in [0.29, 0.717) is 11.3 Å². The Balaban J connectivity index is 1.61. The number of hydrogen-bond donors (Lipinski definition) is 1. The van der Waals surface area contributed by atoms with Gasteiger partial charge in [0, 0.05) is 12.6 Å². The third kappa shape index (κ3) is 1.84. The molecule has 0 bridgehead atoms. The van der Waals surface area contributed by atoms with Crippen molar-refractivity contribution in [2.24, 2.45) is 11.3 Å². The summed E-state index contributed by atoms with van der Waals surface area (Å²) in [6.07, 6.45) is 7.15. The number of anilines is 1. The second kappa shape index (κ2) is 3.61. The largest absolute Gasteiger partial charge is 0.481 e. The highest BCUT2D eigenvalue weighted by molar-refractivity contribution is 5.37. The highest BCUT2D eigenvalue weighted by Gasteiger charge is 2.53. The second-order valence-corrected chi connectivity index (χ2v) is 4.94. The molecule has 0 atom stereocenters. The molecule has 2 saturated carbocycles. The average Bonchev–Trinajstić information content (AvgIpc) is 3.17. The molecule has 86 valence electrons. The van der Waals surface area contributed by atoms with Crippen molar-refractivity contribution in [1.82, 2.24) is 9.97 Å². The van der Waals surface area contributed by atoms with Crippen molar-refractivity contribution in [3.63, 3.8) is 0 Å². The van der Waals surface area contributed by atoms with E-state index in [0.717, 1.165) is 18.3 Å². The monoisotopic (exact) mass is 219 g/mol. The van der Waals surface area contributed by atoms with Gasteiger partial charge in [-0.15, -0.1) is 0 Å². The van der Waals surface area contributed by atoms with Gasteiger partial charge in [0.15, 0.2) is 0 Å². The number of aromatic nitrogens is 2. The topological polar surface area (TPSA) is 47.0 Å². The van der Waals surface area contributed by atoms with E-state index in [4.69, 9.17) is 4.74 Å². The predicted molar refractivity (Wildman–Crippen MR) is 61.5 cm³/mol. The Morgan fingerprint density at radius 1 is 1.44 bits per heavy atom. The van der Waals surface area contributed by atoms with Crippen LogP contribution in [0.3, 0.4) is 0 Å². The molecule has 0 aromatic carbocycles. The Morgan fingerprint density at radius 2 is 2.25 bits per heavy atom. The molecule has 4 heteroatoms. The van der Waals surface area contributed by atoms with Crippen molar-refractivity contribution in [2.45, 2.75) is 25.7 Å². The van der Waals surface area contributed by atoms with Crippen molar-refractivity contribution in [3.8, 4) is 5.88 Å². The molecule has 1 aromatic heterocycles. The highest BCUT2D eigenvalue weighted by Crippen LogP contribution is 2.61. The molecule has 2 aliphatic rings. The molecule has 4 nitrogen and oxygen atoms in total. The Hall–Kier alpha value is -1.32. The summed E-state index contributed by atoms with van der Waals surface area (Å²) in [7, 11) is 1.62. The fourth-order valence-electron chi connectivity index (χ4n) is 2.40. The third-order valence-corrected chi connectivity index (χ3v) is 3.81. The van der Waals surface area contributed by atoms with Crippen LogP contribution in [0.15, 0.2) is 12.4 Å². The smallest absolute Gasteiger partial charge is 0.218 e. The first kappa shape index (κ1) is 9.87. The first-order valence-electron chi connectivity index (χ1n) is 5.92. The van der Waals surface area contributed by atoms with E-state index < -0.39 is 0 Å². The maximum Gasteiger partial charge on any atom is 0.218 e. The zero-order valence-electron chi connectivity index (χ0n) is 9.57. The van der Waals surface area contributed by atoms with Gasteiger partial charge in [0.2, 0.25) is 5.88 Å². The molecule has 2 fully saturated rings. The number of rotatable bonds is 5. The van der Waals surface area contributed by atoms with E-state index in [-0.39, 0.29) is 0 Å². The second-order valence-electron chi connectivity index (χ2n) is 4.94. The van der Waals surface area contributed by atoms with Crippen LogP contribution in [-0.4, -0.2) is 23.6 Å². The Kier molecular flexibility index (Phi) is 2.23. The molecular weight excluding hydrogens is 202 g/mol. The quantitative estimate of drug-likeness (QED) is 0.823. The van der Waals surface area contributed by atoms with Crippen LogP contribution in [0.25, 0.3) is 0 Å².